The SMILES string of the molecule is CCCC1C(=O)NC(=O)CC12CCCSC2C. The maximum Gasteiger partial charge on any atom is 0.230 e. The summed E-state index contributed by atoms with van der Waals surface area (Å²) in [6.45, 7) is 4.30. The molecule has 0 saturated carbocycles. The number of imide groups is 1. The van der Waals surface area contributed by atoms with Crippen molar-refractivity contribution in [1.29, 1.82) is 0 Å². The molecule has 0 bridgehead atoms. The Balaban J connectivity index is 2.30. The lowest BCUT2D eigenvalue weighted by Crippen LogP contribution is -2.56. The van der Waals surface area contributed by atoms with E-state index in [4.69, 9.17) is 0 Å². The van der Waals surface area contributed by atoms with Crippen molar-refractivity contribution in [3.8, 4) is 0 Å². The van der Waals surface area contributed by atoms with E-state index in [0.29, 0.717) is 11.7 Å². The van der Waals surface area contributed by atoms with Crippen LogP contribution in [0.25, 0.3) is 0 Å². The average Bonchev–Trinajstić information content (AvgIpc) is 2.27. The molecule has 2 fully saturated rings. The molecule has 0 aromatic carbocycles. The number of rotatable bonds is 2. The molecular weight excluding hydrogens is 234 g/mol. The summed E-state index contributed by atoms with van der Waals surface area (Å²) in [5.41, 5.74) is -0.0711. The van der Waals surface area contributed by atoms with Crippen LogP contribution >= 0.6 is 11.8 Å². The van der Waals surface area contributed by atoms with Gasteiger partial charge in [0.15, 0.2) is 0 Å². The molecule has 3 unspecified atom stereocenters. The van der Waals surface area contributed by atoms with E-state index >= 15 is 0 Å². The van der Waals surface area contributed by atoms with E-state index in [9.17, 15) is 9.59 Å². The number of hydrogen-bond acceptors (Lipinski definition) is 3. The normalized spacial score (nSPS) is 38.2. The van der Waals surface area contributed by atoms with Crippen LogP contribution in [-0.2, 0) is 9.59 Å². The van der Waals surface area contributed by atoms with Crippen molar-refractivity contribution in [3.05, 3.63) is 0 Å². The average molecular weight is 255 g/mol. The topological polar surface area (TPSA) is 46.2 Å². The Morgan fingerprint density at radius 3 is 2.88 bits per heavy atom. The van der Waals surface area contributed by atoms with Gasteiger partial charge >= 0.3 is 0 Å². The number of piperidine rings is 1. The molecule has 3 nitrogen and oxygen atoms in total. The number of carbonyl (C=O) groups excluding carboxylic acids is 2. The van der Waals surface area contributed by atoms with Crippen molar-refractivity contribution < 1.29 is 9.59 Å². The predicted octanol–water partition coefficient (Wildman–Crippen LogP) is 2.35. The van der Waals surface area contributed by atoms with Crippen molar-refractivity contribution in [3.63, 3.8) is 0 Å². The van der Waals surface area contributed by atoms with Gasteiger partial charge in [-0.3, -0.25) is 14.9 Å². The molecule has 3 atom stereocenters. The molecule has 17 heavy (non-hydrogen) atoms. The molecule has 2 saturated heterocycles. The summed E-state index contributed by atoms with van der Waals surface area (Å²) in [7, 11) is 0. The van der Waals surface area contributed by atoms with Crippen molar-refractivity contribution >= 4 is 23.6 Å². The van der Waals surface area contributed by atoms with Crippen LogP contribution < -0.4 is 5.32 Å². The lowest BCUT2D eigenvalue weighted by molar-refractivity contribution is -0.144. The Kier molecular flexibility index (Phi) is 3.81. The van der Waals surface area contributed by atoms with Gasteiger partial charge in [-0.05, 0) is 25.0 Å². The lowest BCUT2D eigenvalue weighted by atomic mass is 9.63. The van der Waals surface area contributed by atoms with Crippen LogP contribution in [0.5, 0.6) is 0 Å². The number of thioether (sulfide) groups is 1. The van der Waals surface area contributed by atoms with Crippen molar-refractivity contribution in [2.24, 2.45) is 11.3 Å². The molecule has 4 heteroatoms. The van der Waals surface area contributed by atoms with Gasteiger partial charge in [0.25, 0.3) is 0 Å². The fraction of sp³-hybridized carbons (Fsp3) is 0.846. The maximum atomic E-state index is 12.1. The summed E-state index contributed by atoms with van der Waals surface area (Å²) in [4.78, 5) is 23.8. The quantitative estimate of drug-likeness (QED) is 0.770. The van der Waals surface area contributed by atoms with Crippen LogP contribution in [0.15, 0.2) is 0 Å². The van der Waals surface area contributed by atoms with Crippen molar-refractivity contribution in [2.75, 3.05) is 5.75 Å². The van der Waals surface area contributed by atoms with Crippen molar-refractivity contribution in [1.82, 2.24) is 5.32 Å². The first-order valence-electron chi connectivity index (χ1n) is 6.55. The van der Waals surface area contributed by atoms with E-state index in [1.807, 2.05) is 11.8 Å². The molecule has 1 N–H and O–H groups in total. The summed E-state index contributed by atoms with van der Waals surface area (Å²) in [5, 5.41) is 2.94. The summed E-state index contributed by atoms with van der Waals surface area (Å²) in [6.07, 6.45) is 4.62. The van der Waals surface area contributed by atoms with E-state index in [1.54, 1.807) is 0 Å². The molecule has 1 spiro atoms. The molecular formula is C13H21NO2S. The zero-order valence-corrected chi connectivity index (χ0v) is 11.4. The van der Waals surface area contributed by atoms with Gasteiger partial charge in [-0.15, -0.1) is 0 Å². The largest absolute Gasteiger partial charge is 0.296 e. The predicted molar refractivity (Wildman–Crippen MR) is 69.8 cm³/mol. The summed E-state index contributed by atoms with van der Waals surface area (Å²) >= 11 is 1.92. The lowest BCUT2D eigenvalue weighted by Gasteiger charge is -2.49. The Morgan fingerprint density at radius 1 is 1.47 bits per heavy atom. The number of amides is 2. The summed E-state index contributed by atoms with van der Waals surface area (Å²) < 4.78 is 0. The first kappa shape index (κ1) is 12.9. The smallest absolute Gasteiger partial charge is 0.230 e. The first-order chi connectivity index (χ1) is 8.10. The minimum atomic E-state index is -0.0725. The molecule has 2 aliphatic heterocycles. The monoisotopic (exact) mass is 255 g/mol. The van der Waals surface area contributed by atoms with Crippen LogP contribution in [0.2, 0.25) is 0 Å². The van der Waals surface area contributed by atoms with Gasteiger partial charge in [-0.1, -0.05) is 20.3 Å². The van der Waals surface area contributed by atoms with Crippen molar-refractivity contribution in [2.45, 2.75) is 51.2 Å². The van der Waals surface area contributed by atoms with E-state index in [0.717, 1.165) is 31.4 Å². The Labute approximate surface area is 107 Å². The molecule has 0 aromatic heterocycles. The van der Waals surface area contributed by atoms with Gasteiger partial charge in [0.05, 0.1) is 0 Å². The molecule has 0 radical (unpaired) electrons. The second kappa shape index (κ2) is 5.01. The third-order valence-electron chi connectivity index (χ3n) is 4.30. The van der Waals surface area contributed by atoms with Gasteiger partial charge in [0.2, 0.25) is 11.8 Å². The van der Waals surface area contributed by atoms with Crippen LogP contribution in [-0.4, -0.2) is 22.8 Å². The molecule has 2 aliphatic rings. The highest BCUT2D eigenvalue weighted by atomic mass is 32.2. The minimum Gasteiger partial charge on any atom is -0.296 e. The number of hydrogen-bond donors (Lipinski definition) is 1. The minimum absolute atomic E-state index is 0.0301. The van der Waals surface area contributed by atoms with E-state index in [2.05, 4.69) is 19.2 Å². The highest BCUT2D eigenvalue weighted by molar-refractivity contribution is 7.99. The van der Waals surface area contributed by atoms with Crippen LogP contribution in [0.4, 0.5) is 0 Å². The first-order valence-corrected chi connectivity index (χ1v) is 7.60. The Bertz CT molecular complexity index is 331. The van der Waals surface area contributed by atoms with Crippen LogP contribution in [0.3, 0.4) is 0 Å². The zero-order valence-electron chi connectivity index (χ0n) is 10.6. The summed E-state index contributed by atoms with van der Waals surface area (Å²) in [5.74, 6) is 1.10. The van der Waals surface area contributed by atoms with Gasteiger partial charge in [-0.25, -0.2) is 0 Å². The molecule has 0 aliphatic carbocycles. The van der Waals surface area contributed by atoms with Gasteiger partial charge < -0.3 is 0 Å². The van der Waals surface area contributed by atoms with Crippen LogP contribution in [0, 0.1) is 11.3 Å². The third kappa shape index (κ3) is 2.24. The van der Waals surface area contributed by atoms with E-state index < -0.39 is 0 Å². The number of nitrogens with one attached hydrogen (secondary N) is 1. The fourth-order valence-electron chi connectivity index (χ4n) is 3.38. The second-order valence-electron chi connectivity index (χ2n) is 5.28. The standard InChI is InChI=1S/C13H21NO2S/c1-3-5-10-12(16)14-11(15)8-13(10)6-4-7-17-9(13)2/h9-10H,3-8H2,1-2H3,(H,14,15,16). The second-order valence-corrected chi connectivity index (χ2v) is 6.73. The molecule has 2 heterocycles. The maximum absolute atomic E-state index is 12.1. The molecule has 2 rings (SSSR count). The zero-order chi connectivity index (χ0) is 12.5. The fourth-order valence-corrected chi connectivity index (χ4v) is 4.74. The number of carbonyl (C=O) groups is 2. The van der Waals surface area contributed by atoms with E-state index in [1.165, 1.54) is 0 Å². The highest BCUT2D eigenvalue weighted by Gasteiger charge is 2.51. The van der Waals surface area contributed by atoms with Gasteiger partial charge in [-0.2, -0.15) is 11.8 Å². The molecule has 0 aromatic rings. The Hall–Kier alpha value is -0.510. The Morgan fingerprint density at radius 2 is 2.24 bits per heavy atom. The van der Waals surface area contributed by atoms with Crippen LogP contribution in [0.1, 0.15) is 46.0 Å². The summed E-state index contributed by atoms with van der Waals surface area (Å²) in [6, 6.07) is 0. The third-order valence-corrected chi connectivity index (χ3v) is 5.80. The van der Waals surface area contributed by atoms with Gasteiger partial charge in [0, 0.05) is 23.0 Å². The molecule has 2 amide bonds. The highest BCUT2D eigenvalue weighted by Crippen LogP contribution is 2.51. The van der Waals surface area contributed by atoms with Gasteiger partial charge in [0.1, 0.15) is 0 Å². The van der Waals surface area contributed by atoms with E-state index in [-0.39, 0.29) is 23.1 Å². The molecule has 96 valence electrons.